The Morgan fingerprint density at radius 3 is 2.70 bits per heavy atom. The molecule has 3 rings (SSSR count). The Bertz CT molecular complexity index is 920. The van der Waals surface area contributed by atoms with E-state index in [1.165, 1.54) is 5.56 Å². The normalized spacial score (nSPS) is 10.7. The highest BCUT2D eigenvalue weighted by molar-refractivity contribution is 7.98. The number of thioether (sulfide) groups is 1. The van der Waals surface area contributed by atoms with Crippen LogP contribution in [-0.2, 0) is 12.2 Å². The third-order valence-electron chi connectivity index (χ3n) is 4.14. The molecular weight excluding hydrogens is 378 g/mol. The van der Waals surface area contributed by atoms with E-state index in [2.05, 4.69) is 25.3 Å². The number of hydrogen-bond acceptors (Lipinski definition) is 6. The first-order valence-electron chi connectivity index (χ1n) is 8.67. The van der Waals surface area contributed by atoms with Crippen molar-refractivity contribution >= 4 is 29.9 Å². The number of rotatable bonds is 9. The molecule has 0 saturated heterocycles. The number of methoxy groups -OCH3 is 1. The zero-order chi connectivity index (χ0) is 19.1. The van der Waals surface area contributed by atoms with E-state index in [0.717, 1.165) is 47.2 Å². The van der Waals surface area contributed by atoms with Crippen molar-refractivity contribution in [2.75, 3.05) is 24.7 Å². The quantitative estimate of drug-likeness (QED) is 0.370. The van der Waals surface area contributed by atoms with Gasteiger partial charge < -0.3 is 20.0 Å². The minimum atomic E-state index is 0.704. The first-order valence-corrected chi connectivity index (χ1v) is 10.2. The number of ether oxygens (including phenoxy) is 1. The molecule has 3 aromatic rings. The number of hydrogen-bond donors (Lipinski definition) is 3. The molecule has 27 heavy (non-hydrogen) atoms. The molecule has 0 spiro atoms. The van der Waals surface area contributed by atoms with Gasteiger partial charge in [0.15, 0.2) is 0 Å². The molecule has 0 amide bonds. The highest BCUT2D eigenvalue weighted by atomic mass is 32.2. The second-order valence-electron chi connectivity index (χ2n) is 6.06. The molecule has 0 aliphatic rings. The maximum Gasteiger partial charge on any atom is 0.201 e. The van der Waals surface area contributed by atoms with Crippen LogP contribution in [0.1, 0.15) is 22.5 Å². The lowest BCUT2D eigenvalue weighted by molar-refractivity contribution is 0.414. The second-order valence-corrected chi connectivity index (χ2v) is 7.58. The van der Waals surface area contributed by atoms with E-state index in [0.29, 0.717) is 10.6 Å². The van der Waals surface area contributed by atoms with Crippen molar-refractivity contribution in [2.45, 2.75) is 19.1 Å². The van der Waals surface area contributed by atoms with Crippen LogP contribution in [0, 0.1) is 11.6 Å². The summed E-state index contributed by atoms with van der Waals surface area (Å²) in [5, 5.41) is 3.29. The molecule has 2 aromatic heterocycles. The van der Waals surface area contributed by atoms with E-state index in [9.17, 15) is 0 Å². The topological polar surface area (TPSA) is 78.6 Å². The van der Waals surface area contributed by atoms with Gasteiger partial charge in [-0.2, -0.15) is 11.8 Å². The lowest BCUT2D eigenvalue weighted by Crippen LogP contribution is -2.08. The highest BCUT2D eigenvalue weighted by Crippen LogP contribution is 2.16. The van der Waals surface area contributed by atoms with Crippen molar-refractivity contribution < 1.29 is 4.74 Å². The minimum Gasteiger partial charge on any atom is -0.497 e. The fraction of sp³-hybridized carbons (Fsp3) is 0.316. The molecule has 0 unspecified atom stereocenters. The fourth-order valence-corrected chi connectivity index (χ4v) is 3.64. The summed E-state index contributed by atoms with van der Waals surface area (Å²) in [5.74, 6) is 3.42. The van der Waals surface area contributed by atoms with Crippen molar-refractivity contribution in [3.05, 3.63) is 63.9 Å². The number of nitrogens with one attached hydrogen (secondary N) is 3. The number of imidazole rings is 1. The largest absolute Gasteiger partial charge is 0.497 e. The average Bonchev–Trinajstić information content (AvgIpc) is 3.09. The van der Waals surface area contributed by atoms with Gasteiger partial charge in [-0.05, 0) is 24.6 Å². The van der Waals surface area contributed by atoms with Gasteiger partial charge in [0.05, 0.1) is 19.1 Å². The SMILES string of the molecule is COc1ccc(Cc2cnc(NCCSCc3nc[nH]c3C)[nH]c2=S)cc1. The first kappa shape index (κ1) is 19.4. The number of aromatic nitrogens is 4. The number of aryl methyl sites for hydroxylation is 1. The summed E-state index contributed by atoms with van der Waals surface area (Å²) >= 11 is 7.31. The maximum atomic E-state index is 5.48. The van der Waals surface area contributed by atoms with Gasteiger partial charge in [-0.3, -0.25) is 0 Å². The summed E-state index contributed by atoms with van der Waals surface area (Å²) in [5.41, 5.74) is 4.42. The third kappa shape index (κ3) is 5.58. The summed E-state index contributed by atoms with van der Waals surface area (Å²) in [6, 6.07) is 7.98. The highest BCUT2D eigenvalue weighted by Gasteiger charge is 2.03. The third-order valence-corrected chi connectivity index (χ3v) is 5.47. The number of benzene rings is 1. The van der Waals surface area contributed by atoms with Crippen molar-refractivity contribution in [2.24, 2.45) is 0 Å². The van der Waals surface area contributed by atoms with Crippen LogP contribution in [0.3, 0.4) is 0 Å². The number of anilines is 1. The zero-order valence-electron chi connectivity index (χ0n) is 15.4. The van der Waals surface area contributed by atoms with Crippen LogP contribution in [-0.4, -0.2) is 39.3 Å². The molecular formula is C19H23N5OS2. The molecule has 0 radical (unpaired) electrons. The monoisotopic (exact) mass is 401 g/mol. The van der Waals surface area contributed by atoms with E-state index < -0.39 is 0 Å². The molecule has 2 heterocycles. The Kier molecular flexibility index (Phi) is 6.89. The molecule has 8 heteroatoms. The second kappa shape index (κ2) is 9.57. The molecule has 0 aliphatic carbocycles. The predicted molar refractivity (Wildman–Crippen MR) is 113 cm³/mol. The van der Waals surface area contributed by atoms with Crippen LogP contribution in [0.4, 0.5) is 5.95 Å². The van der Waals surface area contributed by atoms with Crippen molar-refractivity contribution in [3.8, 4) is 5.75 Å². The van der Waals surface area contributed by atoms with Crippen LogP contribution >= 0.6 is 24.0 Å². The van der Waals surface area contributed by atoms with Crippen LogP contribution in [0.5, 0.6) is 5.75 Å². The van der Waals surface area contributed by atoms with Crippen molar-refractivity contribution in [1.29, 1.82) is 0 Å². The molecule has 0 atom stereocenters. The Morgan fingerprint density at radius 1 is 1.22 bits per heavy atom. The van der Waals surface area contributed by atoms with E-state index in [1.807, 2.05) is 49.1 Å². The Hall–Kier alpha value is -2.32. The molecule has 0 bridgehead atoms. The van der Waals surface area contributed by atoms with Gasteiger partial charge in [0.25, 0.3) is 0 Å². The average molecular weight is 402 g/mol. The summed E-state index contributed by atoms with van der Waals surface area (Å²) in [4.78, 5) is 15.0. The Balaban J connectivity index is 1.47. The van der Waals surface area contributed by atoms with E-state index in [-0.39, 0.29) is 0 Å². The van der Waals surface area contributed by atoms with Crippen molar-refractivity contribution in [3.63, 3.8) is 0 Å². The lowest BCUT2D eigenvalue weighted by atomic mass is 10.1. The summed E-state index contributed by atoms with van der Waals surface area (Å²) in [6.07, 6.45) is 4.32. The fourth-order valence-electron chi connectivity index (χ4n) is 2.54. The maximum absolute atomic E-state index is 5.48. The van der Waals surface area contributed by atoms with Gasteiger partial charge in [-0.25, -0.2) is 9.97 Å². The van der Waals surface area contributed by atoms with Gasteiger partial charge in [0.1, 0.15) is 10.4 Å². The smallest absolute Gasteiger partial charge is 0.201 e. The minimum absolute atomic E-state index is 0.704. The van der Waals surface area contributed by atoms with Crippen LogP contribution in [0.2, 0.25) is 0 Å². The molecule has 0 saturated carbocycles. The van der Waals surface area contributed by atoms with Gasteiger partial charge >= 0.3 is 0 Å². The van der Waals surface area contributed by atoms with Gasteiger partial charge in [-0.15, -0.1) is 0 Å². The van der Waals surface area contributed by atoms with Crippen LogP contribution in [0.25, 0.3) is 0 Å². The number of aromatic amines is 2. The molecule has 3 N–H and O–H groups in total. The standard InChI is InChI=1S/C19H23N5OS2/c1-13-17(23-12-22-13)11-27-8-7-20-19-21-10-15(18(26)24-19)9-14-3-5-16(25-2)6-4-14/h3-6,10,12H,7-9,11H2,1-2H3,(H,22,23)(H2,20,21,24,26). The van der Waals surface area contributed by atoms with Crippen molar-refractivity contribution in [1.82, 2.24) is 19.9 Å². The van der Waals surface area contributed by atoms with E-state index in [1.54, 1.807) is 13.4 Å². The predicted octanol–water partition coefficient (Wildman–Crippen LogP) is 4.12. The zero-order valence-corrected chi connectivity index (χ0v) is 17.0. The van der Waals surface area contributed by atoms with E-state index >= 15 is 0 Å². The van der Waals surface area contributed by atoms with Crippen LogP contribution < -0.4 is 10.1 Å². The summed E-state index contributed by atoms with van der Waals surface area (Å²) in [6.45, 7) is 2.85. The van der Waals surface area contributed by atoms with Gasteiger partial charge in [0.2, 0.25) is 5.95 Å². The Labute approximate surface area is 168 Å². The lowest BCUT2D eigenvalue weighted by Gasteiger charge is -2.08. The molecule has 142 valence electrons. The van der Waals surface area contributed by atoms with E-state index in [4.69, 9.17) is 17.0 Å². The molecule has 6 nitrogen and oxygen atoms in total. The first-order chi connectivity index (χ1) is 13.2. The van der Waals surface area contributed by atoms with Crippen LogP contribution in [0.15, 0.2) is 36.8 Å². The van der Waals surface area contributed by atoms with Gasteiger partial charge in [0, 0.05) is 41.9 Å². The number of nitrogens with zero attached hydrogens (tertiary/aromatic N) is 2. The summed E-state index contributed by atoms with van der Waals surface area (Å²) in [7, 11) is 1.66. The molecule has 0 aliphatic heterocycles. The summed E-state index contributed by atoms with van der Waals surface area (Å²) < 4.78 is 5.90. The molecule has 0 fully saturated rings. The number of H-pyrrole nitrogens is 2. The molecule has 1 aromatic carbocycles. The van der Waals surface area contributed by atoms with Gasteiger partial charge in [-0.1, -0.05) is 24.4 Å². The Morgan fingerprint density at radius 2 is 2.04 bits per heavy atom.